The quantitative estimate of drug-likeness (QED) is 0.388. The molecule has 0 saturated heterocycles. The number of aromatic nitrogens is 3. The average Bonchev–Trinajstić information content (AvgIpc) is 2.74. The first-order valence-corrected chi connectivity index (χ1v) is 6.52. The highest BCUT2D eigenvalue weighted by molar-refractivity contribution is 9.10. The minimum atomic E-state index is 0.0667. The normalized spacial score (nSPS) is 11.8. The lowest BCUT2D eigenvalue weighted by Gasteiger charge is -2.05. The predicted octanol–water partition coefficient (Wildman–Crippen LogP) is 1.82. The molecule has 1 aromatic heterocycles. The van der Waals surface area contributed by atoms with Crippen LogP contribution in [-0.4, -0.2) is 25.8 Å². The van der Waals surface area contributed by atoms with Crippen LogP contribution in [0.1, 0.15) is 5.56 Å². The van der Waals surface area contributed by atoms with E-state index in [1.165, 1.54) is 18.1 Å². The van der Waals surface area contributed by atoms with Crippen molar-refractivity contribution >= 4 is 33.5 Å². The van der Waals surface area contributed by atoms with Crippen LogP contribution in [0.4, 0.5) is 0 Å². The van der Waals surface area contributed by atoms with E-state index in [1.807, 2.05) is 19.2 Å². The third-order valence-electron chi connectivity index (χ3n) is 2.20. The highest BCUT2D eigenvalue weighted by Gasteiger charge is 2.08. The predicted molar refractivity (Wildman–Crippen MR) is 71.8 cm³/mol. The second kappa shape index (κ2) is 5.40. The summed E-state index contributed by atoms with van der Waals surface area (Å²) in [4.78, 5) is 5.10. The highest BCUT2D eigenvalue weighted by atomic mass is 79.9. The van der Waals surface area contributed by atoms with Crippen LogP contribution in [0, 0.1) is 0 Å². The van der Waals surface area contributed by atoms with E-state index in [4.69, 9.17) is 10.9 Å². The van der Waals surface area contributed by atoms with Gasteiger partial charge in [0.15, 0.2) is 11.0 Å². The third-order valence-corrected chi connectivity index (χ3v) is 3.90. The van der Waals surface area contributed by atoms with E-state index in [9.17, 15) is 0 Å². The maximum Gasteiger partial charge on any atom is 0.190 e. The SMILES string of the molecule is Cn1ncnc1Sc1ccc(/C(N)=N/O)c(Br)c1. The van der Waals surface area contributed by atoms with Crippen LogP contribution in [0.25, 0.3) is 0 Å². The van der Waals surface area contributed by atoms with E-state index in [2.05, 4.69) is 31.2 Å². The largest absolute Gasteiger partial charge is 0.409 e. The Balaban J connectivity index is 2.27. The number of amidine groups is 1. The van der Waals surface area contributed by atoms with Crippen molar-refractivity contribution in [1.29, 1.82) is 0 Å². The number of aryl methyl sites for hydroxylation is 1. The van der Waals surface area contributed by atoms with E-state index in [1.54, 1.807) is 10.7 Å². The minimum absolute atomic E-state index is 0.0667. The Morgan fingerprint density at radius 2 is 2.33 bits per heavy atom. The Bertz CT molecular complexity index is 598. The lowest BCUT2D eigenvalue weighted by Crippen LogP contribution is -2.13. The number of oxime groups is 1. The smallest absolute Gasteiger partial charge is 0.190 e. The monoisotopic (exact) mass is 327 g/mol. The molecule has 0 aliphatic rings. The summed E-state index contributed by atoms with van der Waals surface area (Å²) >= 11 is 4.86. The maximum atomic E-state index is 8.64. The standard InChI is InChI=1S/C10H10BrN5OS/c1-16-10(13-5-14-16)18-6-2-3-7(8(11)4-6)9(12)15-17/h2-5,17H,1H3,(H2,12,15). The highest BCUT2D eigenvalue weighted by Crippen LogP contribution is 2.29. The van der Waals surface area contributed by atoms with Crippen molar-refractivity contribution in [3.8, 4) is 0 Å². The van der Waals surface area contributed by atoms with Crippen molar-refractivity contribution in [3.05, 3.63) is 34.6 Å². The van der Waals surface area contributed by atoms with Gasteiger partial charge in [-0.15, -0.1) is 0 Å². The fourth-order valence-electron chi connectivity index (χ4n) is 1.30. The number of halogens is 1. The summed E-state index contributed by atoms with van der Waals surface area (Å²) in [6.07, 6.45) is 1.50. The number of benzene rings is 1. The first kappa shape index (κ1) is 12.9. The van der Waals surface area contributed by atoms with Gasteiger partial charge in [0.1, 0.15) is 6.33 Å². The van der Waals surface area contributed by atoms with Crippen LogP contribution in [-0.2, 0) is 7.05 Å². The molecule has 1 aromatic carbocycles. The Labute approximate surface area is 116 Å². The maximum absolute atomic E-state index is 8.64. The first-order chi connectivity index (χ1) is 8.61. The summed E-state index contributed by atoms with van der Waals surface area (Å²) in [7, 11) is 1.83. The van der Waals surface area contributed by atoms with Gasteiger partial charge >= 0.3 is 0 Å². The van der Waals surface area contributed by atoms with Crippen LogP contribution in [0.15, 0.2) is 44.2 Å². The van der Waals surface area contributed by atoms with Gasteiger partial charge in [0, 0.05) is 22.0 Å². The van der Waals surface area contributed by atoms with Crippen LogP contribution in [0.2, 0.25) is 0 Å². The zero-order valence-electron chi connectivity index (χ0n) is 9.41. The molecule has 8 heteroatoms. The third kappa shape index (κ3) is 2.65. The van der Waals surface area contributed by atoms with Crippen molar-refractivity contribution in [3.63, 3.8) is 0 Å². The Morgan fingerprint density at radius 3 is 2.89 bits per heavy atom. The lowest BCUT2D eigenvalue weighted by atomic mass is 10.2. The summed E-state index contributed by atoms with van der Waals surface area (Å²) in [6.45, 7) is 0. The zero-order chi connectivity index (χ0) is 13.1. The van der Waals surface area contributed by atoms with Gasteiger partial charge in [0.2, 0.25) is 0 Å². The van der Waals surface area contributed by atoms with Gasteiger partial charge in [-0.1, -0.05) is 16.9 Å². The number of nitrogens with zero attached hydrogens (tertiary/aromatic N) is 4. The molecule has 6 nitrogen and oxygen atoms in total. The second-order valence-electron chi connectivity index (χ2n) is 3.40. The van der Waals surface area contributed by atoms with Gasteiger partial charge in [-0.25, -0.2) is 9.67 Å². The average molecular weight is 328 g/mol. The second-order valence-corrected chi connectivity index (χ2v) is 5.29. The lowest BCUT2D eigenvalue weighted by molar-refractivity contribution is 0.318. The molecule has 0 fully saturated rings. The van der Waals surface area contributed by atoms with Gasteiger partial charge in [0.25, 0.3) is 0 Å². The van der Waals surface area contributed by atoms with Gasteiger partial charge in [0.05, 0.1) is 0 Å². The molecule has 18 heavy (non-hydrogen) atoms. The van der Waals surface area contributed by atoms with Crippen molar-refractivity contribution in [1.82, 2.24) is 14.8 Å². The Kier molecular flexibility index (Phi) is 3.87. The molecule has 2 aromatic rings. The molecular formula is C10H10BrN5OS. The van der Waals surface area contributed by atoms with E-state index >= 15 is 0 Å². The fraction of sp³-hybridized carbons (Fsp3) is 0.100. The van der Waals surface area contributed by atoms with Crippen LogP contribution in [0.5, 0.6) is 0 Å². The Morgan fingerprint density at radius 1 is 1.56 bits per heavy atom. The topological polar surface area (TPSA) is 89.3 Å². The van der Waals surface area contributed by atoms with E-state index in [-0.39, 0.29) is 5.84 Å². The molecule has 0 saturated carbocycles. The first-order valence-electron chi connectivity index (χ1n) is 4.91. The molecule has 0 unspecified atom stereocenters. The molecular weight excluding hydrogens is 318 g/mol. The molecule has 0 aliphatic carbocycles. The summed E-state index contributed by atoms with van der Waals surface area (Å²) < 4.78 is 2.45. The van der Waals surface area contributed by atoms with E-state index in [0.29, 0.717) is 5.56 Å². The number of hydrogen-bond acceptors (Lipinski definition) is 5. The minimum Gasteiger partial charge on any atom is -0.409 e. The molecule has 0 spiro atoms. The summed E-state index contributed by atoms with van der Waals surface area (Å²) in [6, 6.07) is 5.53. The molecule has 0 atom stereocenters. The summed E-state index contributed by atoms with van der Waals surface area (Å²) in [5.41, 5.74) is 6.18. The molecule has 0 bridgehead atoms. The van der Waals surface area contributed by atoms with Crippen LogP contribution < -0.4 is 5.73 Å². The van der Waals surface area contributed by atoms with Gasteiger partial charge in [-0.3, -0.25) is 0 Å². The number of rotatable bonds is 3. The molecule has 0 aliphatic heterocycles. The van der Waals surface area contributed by atoms with E-state index < -0.39 is 0 Å². The fourth-order valence-corrected chi connectivity index (χ4v) is 2.84. The molecule has 94 valence electrons. The number of nitrogens with two attached hydrogens (primary N) is 1. The zero-order valence-corrected chi connectivity index (χ0v) is 11.8. The van der Waals surface area contributed by atoms with Crippen molar-refractivity contribution in [2.24, 2.45) is 17.9 Å². The summed E-state index contributed by atoms with van der Waals surface area (Å²) in [5.74, 6) is 0.0667. The van der Waals surface area contributed by atoms with Crippen molar-refractivity contribution < 1.29 is 5.21 Å². The van der Waals surface area contributed by atoms with E-state index in [0.717, 1.165) is 14.5 Å². The Hall–Kier alpha value is -1.54. The van der Waals surface area contributed by atoms with Crippen molar-refractivity contribution in [2.75, 3.05) is 0 Å². The van der Waals surface area contributed by atoms with Crippen molar-refractivity contribution in [2.45, 2.75) is 10.1 Å². The summed E-state index contributed by atoms with van der Waals surface area (Å²) in [5, 5.41) is 16.4. The van der Waals surface area contributed by atoms with Gasteiger partial charge in [-0.05, 0) is 34.1 Å². The van der Waals surface area contributed by atoms with Crippen LogP contribution in [0.3, 0.4) is 0 Å². The molecule has 1 heterocycles. The molecule has 3 N–H and O–H groups in total. The van der Waals surface area contributed by atoms with Gasteiger partial charge < -0.3 is 10.9 Å². The molecule has 2 rings (SSSR count). The molecule has 0 radical (unpaired) electrons. The molecule has 0 amide bonds. The van der Waals surface area contributed by atoms with Gasteiger partial charge in [-0.2, -0.15) is 5.10 Å². The number of hydrogen-bond donors (Lipinski definition) is 2. The van der Waals surface area contributed by atoms with Crippen LogP contribution >= 0.6 is 27.7 Å².